The van der Waals surface area contributed by atoms with Crippen molar-refractivity contribution in [1.29, 1.82) is 0 Å². The van der Waals surface area contributed by atoms with Crippen LogP contribution in [-0.4, -0.2) is 23.8 Å². The predicted octanol–water partition coefficient (Wildman–Crippen LogP) is 2.26. The number of halogens is 4. The van der Waals surface area contributed by atoms with Crippen molar-refractivity contribution in [3.63, 3.8) is 0 Å². The van der Waals surface area contributed by atoms with Gasteiger partial charge in [-0.1, -0.05) is 0 Å². The lowest BCUT2D eigenvalue weighted by atomic mass is 10.0. The molecule has 7 heteroatoms. The lowest BCUT2D eigenvalue weighted by Gasteiger charge is -2.19. The van der Waals surface area contributed by atoms with Gasteiger partial charge in [-0.3, -0.25) is 0 Å². The molecule has 2 rings (SSSR count). The molecule has 24 heavy (non-hydrogen) atoms. The minimum absolute atomic E-state index is 0.0666. The number of nitrogens with two attached hydrogens (primary N) is 1. The van der Waals surface area contributed by atoms with Crippen molar-refractivity contribution in [2.75, 3.05) is 6.54 Å². The highest BCUT2D eigenvalue weighted by molar-refractivity contribution is 5.19. The van der Waals surface area contributed by atoms with Crippen molar-refractivity contribution in [1.82, 2.24) is 5.32 Å². The molecule has 0 fully saturated rings. The molecule has 0 aliphatic heterocycles. The Labute approximate surface area is 137 Å². The molecule has 0 saturated heterocycles. The van der Waals surface area contributed by atoms with Crippen LogP contribution in [-0.2, 0) is 13.0 Å². The molecule has 0 aromatic heterocycles. The van der Waals surface area contributed by atoms with E-state index in [1.807, 2.05) is 0 Å². The number of aliphatic hydroxyl groups is 1. The number of rotatable bonds is 7. The molecule has 2 aromatic rings. The van der Waals surface area contributed by atoms with Gasteiger partial charge in [0.15, 0.2) is 0 Å². The Hall–Kier alpha value is -1.96. The molecule has 0 aliphatic carbocycles. The van der Waals surface area contributed by atoms with E-state index in [1.165, 1.54) is 12.1 Å². The van der Waals surface area contributed by atoms with Gasteiger partial charge in [0.25, 0.3) is 0 Å². The van der Waals surface area contributed by atoms with Crippen molar-refractivity contribution in [2.45, 2.75) is 25.1 Å². The van der Waals surface area contributed by atoms with Gasteiger partial charge in [-0.05, 0) is 41.8 Å². The van der Waals surface area contributed by atoms with Crippen LogP contribution in [0.3, 0.4) is 0 Å². The Morgan fingerprint density at radius 1 is 0.833 bits per heavy atom. The molecule has 3 nitrogen and oxygen atoms in total. The van der Waals surface area contributed by atoms with Gasteiger partial charge >= 0.3 is 0 Å². The molecule has 2 atom stereocenters. The monoisotopic (exact) mass is 342 g/mol. The molecular formula is C17H18F4N2O. The van der Waals surface area contributed by atoms with Crippen molar-refractivity contribution in [3.8, 4) is 0 Å². The molecule has 0 heterocycles. The van der Waals surface area contributed by atoms with Crippen molar-refractivity contribution >= 4 is 0 Å². The summed E-state index contributed by atoms with van der Waals surface area (Å²) in [5.74, 6) is -2.79. The average molecular weight is 342 g/mol. The third-order valence-corrected chi connectivity index (χ3v) is 3.49. The Morgan fingerprint density at radius 3 is 1.79 bits per heavy atom. The van der Waals surface area contributed by atoms with Crippen LogP contribution >= 0.6 is 0 Å². The lowest BCUT2D eigenvalue weighted by molar-refractivity contribution is 0.141. The summed E-state index contributed by atoms with van der Waals surface area (Å²) >= 11 is 0. The molecule has 2 aromatic carbocycles. The number of hydrogen-bond donors (Lipinski definition) is 3. The van der Waals surface area contributed by atoms with Crippen LogP contribution in [0, 0.1) is 23.3 Å². The summed E-state index contributed by atoms with van der Waals surface area (Å²) in [6, 6.07) is 5.44. The minimum Gasteiger partial charge on any atom is -0.390 e. The highest BCUT2D eigenvalue weighted by Gasteiger charge is 2.16. The van der Waals surface area contributed by atoms with Gasteiger partial charge in [0.2, 0.25) is 0 Å². The zero-order valence-electron chi connectivity index (χ0n) is 12.8. The summed E-state index contributed by atoms with van der Waals surface area (Å²) in [5, 5.41) is 12.8. The summed E-state index contributed by atoms with van der Waals surface area (Å²) in [4.78, 5) is 0. The first-order valence-corrected chi connectivity index (χ1v) is 7.38. The van der Waals surface area contributed by atoms with Crippen LogP contribution in [0.15, 0.2) is 36.4 Å². The van der Waals surface area contributed by atoms with Crippen molar-refractivity contribution in [2.24, 2.45) is 5.73 Å². The van der Waals surface area contributed by atoms with Gasteiger partial charge in [0.05, 0.1) is 6.10 Å². The smallest absolute Gasteiger partial charge is 0.126 e. The third-order valence-electron chi connectivity index (χ3n) is 3.49. The highest BCUT2D eigenvalue weighted by Crippen LogP contribution is 2.11. The van der Waals surface area contributed by atoms with E-state index in [0.29, 0.717) is 11.1 Å². The second-order valence-corrected chi connectivity index (χ2v) is 5.62. The predicted molar refractivity (Wildman–Crippen MR) is 82.1 cm³/mol. The number of benzene rings is 2. The molecule has 4 N–H and O–H groups in total. The maximum absolute atomic E-state index is 13.1. The fraction of sp³-hybridized carbons (Fsp3) is 0.294. The zero-order chi connectivity index (χ0) is 17.7. The molecule has 0 aliphatic rings. The Bertz CT molecular complexity index is 656. The topological polar surface area (TPSA) is 58.3 Å². The molecule has 0 radical (unpaired) electrons. The lowest BCUT2D eigenvalue weighted by Crippen LogP contribution is -2.43. The summed E-state index contributed by atoms with van der Waals surface area (Å²) in [7, 11) is 0. The molecule has 0 saturated carbocycles. The Kier molecular flexibility index (Phi) is 6.30. The molecule has 0 unspecified atom stereocenters. The second-order valence-electron chi connectivity index (χ2n) is 5.62. The minimum atomic E-state index is -0.991. The molecule has 0 spiro atoms. The van der Waals surface area contributed by atoms with Crippen LogP contribution in [0.25, 0.3) is 0 Å². The zero-order valence-corrected chi connectivity index (χ0v) is 12.8. The van der Waals surface area contributed by atoms with E-state index < -0.39 is 35.4 Å². The quantitative estimate of drug-likeness (QED) is 0.677. The summed E-state index contributed by atoms with van der Waals surface area (Å²) in [6.45, 7) is 0.212. The Morgan fingerprint density at radius 2 is 1.29 bits per heavy atom. The highest BCUT2D eigenvalue weighted by atomic mass is 19.1. The molecule has 130 valence electrons. The largest absolute Gasteiger partial charge is 0.390 e. The first-order valence-electron chi connectivity index (χ1n) is 7.38. The van der Waals surface area contributed by atoms with Crippen LogP contribution in [0.1, 0.15) is 11.1 Å². The molecule has 0 amide bonds. The summed E-state index contributed by atoms with van der Waals surface area (Å²) in [5.41, 5.74) is 6.55. The van der Waals surface area contributed by atoms with Crippen LogP contribution in [0.5, 0.6) is 0 Å². The van der Waals surface area contributed by atoms with Crippen LogP contribution < -0.4 is 11.1 Å². The molecule has 0 bridgehead atoms. The van der Waals surface area contributed by atoms with Crippen molar-refractivity contribution < 1.29 is 22.7 Å². The van der Waals surface area contributed by atoms with E-state index in [1.54, 1.807) is 0 Å². The summed E-state index contributed by atoms with van der Waals surface area (Å²) < 4.78 is 52.3. The number of nitrogens with one attached hydrogen (secondary N) is 1. The van der Waals surface area contributed by atoms with Crippen LogP contribution in [0.2, 0.25) is 0 Å². The van der Waals surface area contributed by atoms with Crippen LogP contribution in [0.4, 0.5) is 17.6 Å². The van der Waals surface area contributed by atoms with Gasteiger partial charge in [-0.25, -0.2) is 17.6 Å². The normalized spacial score (nSPS) is 13.8. The van der Waals surface area contributed by atoms with E-state index in [-0.39, 0.29) is 19.5 Å². The average Bonchev–Trinajstić information content (AvgIpc) is 2.44. The van der Waals surface area contributed by atoms with E-state index in [4.69, 9.17) is 5.73 Å². The number of hydrogen-bond acceptors (Lipinski definition) is 3. The van der Waals surface area contributed by atoms with E-state index in [2.05, 4.69) is 5.32 Å². The van der Waals surface area contributed by atoms with Gasteiger partial charge in [-0.2, -0.15) is 0 Å². The first-order chi connectivity index (χ1) is 11.3. The maximum atomic E-state index is 13.1. The summed E-state index contributed by atoms with van der Waals surface area (Å²) in [6.07, 6.45) is -0.902. The first kappa shape index (κ1) is 18.4. The van der Waals surface area contributed by atoms with Gasteiger partial charge in [0, 0.05) is 31.3 Å². The Balaban J connectivity index is 1.84. The number of aliphatic hydroxyl groups excluding tert-OH is 1. The van der Waals surface area contributed by atoms with E-state index in [0.717, 1.165) is 24.3 Å². The van der Waals surface area contributed by atoms with Gasteiger partial charge < -0.3 is 16.2 Å². The fourth-order valence-corrected chi connectivity index (χ4v) is 2.37. The van der Waals surface area contributed by atoms with Gasteiger partial charge in [0.1, 0.15) is 23.3 Å². The standard InChI is InChI=1S/C17H18F4N2O/c18-12-1-10(2-13(19)6-12)5-16(22)17(24)9-23-8-11-3-14(20)7-15(21)4-11/h1-4,6-7,16-17,23-24H,5,8-9,22H2/t16-,17+/m0/s1. The third kappa shape index (κ3) is 5.59. The van der Waals surface area contributed by atoms with Gasteiger partial charge in [-0.15, -0.1) is 0 Å². The van der Waals surface area contributed by atoms with E-state index in [9.17, 15) is 22.7 Å². The SMILES string of the molecule is N[C@@H](Cc1cc(F)cc(F)c1)[C@H](O)CNCc1cc(F)cc(F)c1. The fourth-order valence-electron chi connectivity index (χ4n) is 2.37. The second kappa shape index (κ2) is 8.23. The maximum Gasteiger partial charge on any atom is 0.126 e. The van der Waals surface area contributed by atoms with E-state index >= 15 is 0 Å². The molecular weight excluding hydrogens is 324 g/mol. The van der Waals surface area contributed by atoms with Crippen molar-refractivity contribution in [3.05, 3.63) is 70.8 Å².